The van der Waals surface area contributed by atoms with Gasteiger partial charge in [-0.2, -0.15) is 0 Å². The van der Waals surface area contributed by atoms with Gasteiger partial charge in [0, 0.05) is 11.6 Å². The molecular formula is C36H27BrN4O9S. The molecule has 258 valence electrons. The number of aryl methyl sites for hydroxylation is 1. The van der Waals surface area contributed by atoms with Crippen LogP contribution in [0.25, 0.3) is 11.8 Å². The number of benzene rings is 4. The molecule has 0 N–H and O–H groups in total. The third-order valence-electron chi connectivity index (χ3n) is 8.71. The zero-order chi connectivity index (χ0) is 36.0. The van der Waals surface area contributed by atoms with E-state index in [4.69, 9.17) is 23.9 Å². The van der Waals surface area contributed by atoms with Gasteiger partial charge in [0.25, 0.3) is 11.2 Å². The molecule has 1 aliphatic carbocycles. The van der Waals surface area contributed by atoms with Crippen LogP contribution in [0.15, 0.2) is 92.6 Å². The van der Waals surface area contributed by atoms with E-state index < -0.39 is 27.3 Å². The summed E-state index contributed by atoms with van der Waals surface area (Å²) in [5, 5.41) is 22.9. The molecule has 1 atom stereocenters. The Bertz CT molecular complexity index is 2490. The standard InChI is InChI=1S/C36H27BrN4O9S/c1-47-28-12-9-21(17-29(28)48-2)33-24-11-8-20-6-4-5-7-23(20)32(24)38-36-39(33)35(42)31(51-36)16-19-14-25(37)34(30(15-19)49-3)50-27-13-10-22(40(43)44)18-26(27)41(45)46/h4-7,9-10,12-18,33H,8,11H2,1-3H3/b31-16+/t33-/m1/s1. The number of hydrogen-bond acceptors (Lipinski definition) is 11. The van der Waals surface area contributed by atoms with Crippen LogP contribution in [0.1, 0.15) is 34.7 Å². The molecule has 0 saturated heterocycles. The van der Waals surface area contributed by atoms with Crippen molar-refractivity contribution in [1.82, 2.24) is 4.57 Å². The zero-order valence-corrected chi connectivity index (χ0v) is 29.6. The van der Waals surface area contributed by atoms with E-state index >= 15 is 0 Å². The molecule has 1 aliphatic heterocycles. The number of hydrogen-bond donors (Lipinski definition) is 0. The lowest BCUT2D eigenvalue weighted by atomic mass is 9.83. The number of halogens is 1. The van der Waals surface area contributed by atoms with E-state index in [1.165, 1.54) is 24.0 Å². The van der Waals surface area contributed by atoms with Crippen LogP contribution in [0.2, 0.25) is 0 Å². The molecule has 13 nitrogen and oxygen atoms in total. The molecule has 4 aromatic carbocycles. The molecule has 0 saturated carbocycles. The van der Waals surface area contributed by atoms with Gasteiger partial charge in [0.05, 0.1) is 58.0 Å². The highest BCUT2D eigenvalue weighted by atomic mass is 79.9. The molecule has 51 heavy (non-hydrogen) atoms. The minimum atomic E-state index is -0.761. The first-order valence-electron chi connectivity index (χ1n) is 15.4. The Hall–Kier alpha value is -5.80. The van der Waals surface area contributed by atoms with Gasteiger partial charge in [0.1, 0.15) is 0 Å². The van der Waals surface area contributed by atoms with Crippen LogP contribution in [0.3, 0.4) is 0 Å². The highest BCUT2D eigenvalue weighted by Crippen LogP contribution is 2.44. The highest BCUT2D eigenvalue weighted by Gasteiger charge is 2.33. The summed E-state index contributed by atoms with van der Waals surface area (Å²) in [6.07, 6.45) is 3.25. The number of allylic oxidation sites excluding steroid dienone is 1. The maximum Gasteiger partial charge on any atom is 0.318 e. The molecule has 0 bridgehead atoms. The summed E-state index contributed by atoms with van der Waals surface area (Å²) in [5.74, 6) is 1.21. The van der Waals surface area contributed by atoms with E-state index in [2.05, 4.69) is 28.1 Å². The highest BCUT2D eigenvalue weighted by molar-refractivity contribution is 9.10. The SMILES string of the molecule is COc1ccc([C@@H]2C3=C(N=c4s/c(=C/c5cc(Br)c(Oc6ccc([N+](=O)[O-])cc6[N+](=O)[O-])c(OC)c5)c(=O)n42)c2ccccc2CC3)cc1OC. The number of nitro benzene ring substituents is 2. The number of nitrogens with zero attached hydrogens (tertiary/aromatic N) is 4. The van der Waals surface area contributed by atoms with Crippen LogP contribution in [0.5, 0.6) is 28.7 Å². The lowest BCUT2D eigenvalue weighted by Gasteiger charge is -2.31. The minimum Gasteiger partial charge on any atom is -0.493 e. The Labute approximate surface area is 301 Å². The van der Waals surface area contributed by atoms with Crippen molar-refractivity contribution >= 4 is 50.4 Å². The second kappa shape index (κ2) is 13.5. The maximum atomic E-state index is 14.3. The fraction of sp³-hybridized carbons (Fsp3) is 0.167. The molecule has 0 radical (unpaired) electrons. The number of rotatable bonds is 9. The van der Waals surface area contributed by atoms with Gasteiger partial charge in [0.2, 0.25) is 5.75 Å². The monoisotopic (exact) mass is 770 g/mol. The number of ether oxygens (including phenoxy) is 4. The largest absolute Gasteiger partial charge is 0.493 e. The van der Waals surface area contributed by atoms with E-state index in [-0.39, 0.29) is 22.8 Å². The molecule has 1 aromatic heterocycles. The van der Waals surface area contributed by atoms with Crippen molar-refractivity contribution in [2.45, 2.75) is 18.9 Å². The van der Waals surface area contributed by atoms with Gasteiger partial charge in [-0.15, -0.1) is 0 Å². The lowest BCUT2D eigenvalue weighted by Crippen LogP contribution is -2.38. The molecule has 0 unspecified atom stereocenters. The van der Waals surface area contributed by atoms with Crippen LogP contribution < -0.4 is 33.8 Å². The van der Waals surface area contributed by atoms with Crippen molar-refractivity contribution in [2.75, 3.05) is 21.3 Å². The van der Waals surface area contributed by atoms with Crippen molar-refractivity contribution in [1.29, 1.82) is 0 Å². The molecular weight excluding hydrogens is 744 g/mol. The Morgan fingerprint density at radius 2 is 1.63 bits per heavy atom. The van der Waals surface area contributed by atoms with E-state index in [1.54, 1.807) is 37.0 Å². The normalized spacial score (nSPS) is 14.9. The lowest BCUT2D eigenvalue weighted by molar-refractivity contribution is -0.394. The van der Waals surface area contributed by atoms with E-state index in [0.717, 1.165) is 47.0 Å². The predicted molar refractivity (Wildman–Crippen MR) is 193 cm³/mol. The van der Waals surface area contributed by atoms with Crippen LogP contribution in [0.4, 0.5) is 11.4 Å². The van der Waals surface area contributed by atoms with Gasteiger partial charge in [-0.05, 0) is 87.4 Å². The summed E-state index contributed by atoms with van der Waals surface area (Å²) in [5.41, 5.74) is 4.29. The van der Waals surface area contributed by atoms with Crippen LogP contribution >= 0.6 is 27.3 Å². The van der Waals surface area contributed by atoms with Gasteiger partial charge < -0.3 is 18.9 Å². The minimum absolute atomic E-state index is 0.104. The Kier molecular flexibility index (Phi) is 8.91. The molecule has 0 amide bonds. The number of non-ortho nitro benzene ring substituents is 1. The average molecular weight is 772 g/mol. The zero-order valence-electron chi connectivity index (χ0n) is 27.2. The summed E-state index contributed by atoms with van der Waals surface area (Å²) in [4.78, 5) is 41.4. The van der Waals surface area contributed by atoms with Gasteiger partial charge in [-0.1, -0.05) is 41.7 Å². The van der Waals surface area contributed by atoms with Crippen molar-refractivity contribution in [2.24, 2.45) is 4.99 Å². The molecule has 2 heterocycles. The molecule has 2 aliphatic rings. The second-order valence-electron chi connectivity index (χ2n) is 11.5. The number of aromatic nitrogens is 1. The van der Waals surface area contributed by atoms with Crippen LogP contribution in [0, 0.1) is 20.2 Å². The summed E-state index contributed by atoms with van der Waals surface area (Å²) in [6, 6.07) is 19.8. The molecule has 15 heteroatoms. The van der Waals surface area contributed by atoms with E-state index in [1.807, 2.05) is 30.3 Å². The molecule has 0 fully saturated rings. The van der Waals surface area contributed by atoms with Gasteiger partial charge in [-0.3, -0.25) is 29.6 Å². The average Bonchev–Trinajstić information content (AvgIpc) is 3.44. The smallest absolute Gasteiger partial charge is 0.318 e. The third kappa shape index (κ3) is 6.04. The predicted octanol–water partition coefficient (Wildman–Crippen LogP) is 6.72. The van der Waals surface area contributed by atoms with Crippen molar-refractivity contribution in [3.05, 3.63) is 145 Å². The number of thiazole rings is 1. The quantitative estimate of drug-likeness (QED) is 0.117. The fourth-order valence-corrected chi connectivity index (χ4v) is 7.92. The van der Waals surface area contributed by atoms with Crippen molar-refractivity contribution < 1.29 is 28.8 Å². The Balaban J connectivity index is 1.35. The topological polar surface area (TPSA) is 158 Å². The summed E-state index contributed by atoms with van der Waals surface area (Å²) in [6.45, 7) is 0. The summed E-state index contributed by atoms with van der Waals surface area (Å²) >= 11 is 4.74. The third-order valence-corrected chi connectivity index (χ3v) is 10.3. The second-order valence-corrected chi connectivity index (χ2v) is 13.4. The molecule has 0 spiro atoms. The first-order valence-corrected chi connectivity index (χ1v) is 17.1. The van der Waals surface area contributed by atoms with E-state index in [0.29, 0.717) is 37.3 Å². The van der Waals surface area contributed by atoms with E-state index in [9.17, 15) is 25.0 Å². The molecule has 7 rings (SSSR count). The number of nitro groups is 2. The van der Waals surface area contributed by atoms with Gasteiger partial charge >= 0.3 is 5.69 Å². The number of methoxy groups -OCH3 is 3. The first kappa shape index (κ1) is 33.7. The molecule has 5 aromatic rings. The van der Waals surface area contributed by atoms with Crippen molar-refractivity contribution in [3.8, 4) is 28.7 Å². The number of fused-ring (bicyclic) bond motifs is 3. The fourth-order valence-electron chi connectivity index (χ4n) is 6.38. The van der Waals surface area contributed by atoms with Gasteiger partial charge in [-0.25, -0.2) is 4.99 Å². The van der Waals surface area contributed by atoms with Crippen LogP contribution in [-0.2, 0) is 6.42 Å². The summed E-state index contributed by atoms with van der Waals surface area (Å²) in [7, 11) is 4.55. The van der Waals surface area contributed by atoms with Gasteiger partial charge in [0.15, 0.2) is 27.8 Å². The van der Waals surface area contributed by atoms with Crippen molar-refractivity contribution in [3.63, 3.8) is 0 Å². The Morgan fingerprint density at radius 1 is 0.882 bits per heavy atom. The summed E-state index contributed by atoms with van der Waals surface area (Å²) < 4.78 is 25.1. The first-order chi connectivity index (χ1) is 24.6. The van der Waals surface area contributed by atoms with Crippen LogP contribution in [-0.4, -0.2) is 35.7 Å². The Morgan fingerprint density at radius 3 is 2.35 bits per heavy atom. The maximum absolute atomic E-state index is 14.3.